The third-order valence-corrected chi connectivity index (χ3v) is 1.41. The maximum absolute atomic E-state index is 6.75. The Bertz CT molecular complexity index is 214. The zero-order valence-electron chi connectivity index (χ0n) is 6.38. The Labute approximate surface area is 66.2 Å². The molecule has 1 aromatic heterocycles. The van der Waals surface area contributed by atoms with Crippen LogP contribution in [-0.2, 0) is 5.88 Å². The summed E-state index contributed by atoms with van der Waals surface area (Å²) in [6.07, 6.45) is 1.64. The summed E-state index contributed by atoms with van der Waals surface area (Å²) in [5.74, 6) is 0.919. The van der Waals surface area contributed by atoms with Crippen LogP contribution in [0.15, 0.2) is 18.3 Å². The molecule has 0 saturated heterocycles. The molecule has 0 N–H and O–H groups in total. The standard InChI is InChI=1S/C7H8ClNO/c1-10-7-3-2-6(4-8)5-9-7/h2-3,5H,4H2,1H3/i1D. The van der Waals surface area contributed by atoms with E-state index in [1.54, 1.807) is 12.3 Å². The molecule has 1 aromatic rings. The summed E-state index contributed by atoms with van der Waals surface area (Å²) in [5.41, 5.74) is 0.948. The molecule has 0 unspecified atom stereocenters. The minimum absolute atomic E-state index is 0.104. The molecule has 0 radical (unpaired) electrons. The molecule has 1 rings (SSSR count). The van der Waals surface area contributed by atoms with Gasteiger partial charge in [-0.05, 0) is 5.56 Å². The summed E-state index contributed by atoms with van der Waals surface area (Å²) >= 11 is 5.54. The van der Waals surface area contributed by atoms with E-state index in [1.807, 2.05) is 6.07 Å². The Balaban J connectivity index is 2.66. The highest BCUT2D eigenvalue weighted by Crippen LogP contribution is 2.07. The van der Waals surface area contributed by atoms with Gasteiger partial charge >= 0.3 is 0 Å². The van der Waals surface area contributed by atoms with E-state index in [2.05, 4.69) is 4.98 Å². The zero-order valence-corrected chi connectivity index (χ0v) is 6.14. The first-order chi connectivity index (χ1) is 5.36. The monoisotopic (exact) mass is 158 g/mol. The minimum Gasteiger partial charge on any atom is -0.481 e. The van der Waals surface area contributed by atoms with Gasteiger partial charge in [0, 0.05) is 18.1 Å². The normalized spacial score (nSPS) is 10.7. The number of methoxy groups -OCH3 is 1. The average molecular weight is 159 g/mol. The molecule has 10 heavy (non-hydrogen) atoms. The largest absolute Gasteiger partial charge is 0.481 e. The molecule has 0 bridgehead atoms. The van der Waals surface area contributed by atoms with Crippen molar-refractivity contribution in [2.75, 3.05) is 7.09 Å². The second-order valence-electron chi connectivity index (χ2n) is 1.78. The SMILES string of the molecule is [2H]COc1ccc(CCl)cn1. The highest BCUT2D eigenvalue weighted by molar-refractivity contribution is 6.17. The van der Waals surface area contributed by atoms with E-state index in [9.17, 15) is 0 Å². The molecule has 0 aliphatic heterocycles. The number of halogens is 1. The van der Waals surface area contributed by atoms with Crippen LogP contribution in [0.2, 0.25) is 0 Å². The molecule has 3 heteroatoms. The maximum Gasteiger partial charge on any atom is 0.212 e. The van der Waals surface area contributed by atoms with Gasteiger partial charge in [-0.1, -0.05) is 6.07 Å². The number of rotatable bonds is 2. The van der Waals surface area contributed by atoms with Crippen LogP contribution in [0, 0.1) is 0 Å². The quantitative estimate of drug-likeness (QED) is 0.613. The summed E-state index contributed by atoms with van der Waals surface area (Å²) in [6, 6.07) is 3.53. The topological polar surface area (TPSA) is 22.1 Å². The molecule has 0 fully saturated rings. The van der Waals surface area contributed by atoms with Gasteiger partial charge in [0.25, 0.3) is 0 Å². The van der Waals surface area contributed by atoms with E-state index in [0.717, 1.165) is 5.56 Å². The smallest absolute Gasteiger partial charge is 0.212 e. The Kier molecular flexibility index (Phi) is 2.05. The molecule has 0 atom stereocenters. The number of nitrogens with zero attached hydrogens (tertiary/aromatic N) is 1. The van der Waals surface area contributed by atoms with Crippen molar-refractivity contribution in [1.82, 2.24) is 4.98 Å². The molecular weight excluding hydrogens is 150 g/mol. The van der Waals surface area contributed by atoms with Crippen LogP contribution in [0.4, 0.5) is 0 Å². The van der Waals surface area contributed by atoms with Gasteiger partial charge < -0.3 is 4.74 Å². The van der Waals surface area contributed by atoms with Crippen LogP contribution in [-0.4, -0.2) is 12.1 Å². The van der Waals surface area contributed by atoms with E-state index in [1.165, 1.54) is 0 Å². The molecule has 0 spiro atoms. The van der Waals surface area contributed by atoms with E-state index in [4.69, 9.17) is 17.7 Å². The summed E-state index contributed by atoms with van der Waals surface area (Å²) in [4.78, 5) is 3.91. The van der Waals surface area contributed by atoms with Crippen molar-refractivity contribution in [1.29, 1.82) is 0 Å². The molecule has 0 saturated carbocycles. The van der Waals surface area contributed by atoms with Crippen LogP contribution < -0.4 is 4.74 Å². The van der Waals surface area contributed by atoms with E-state index < -0.39 is 0 Å². The van der Waals surface area contributed by atoms with Crippen molar-refractivity contribution in [2.45, 2.75) is 5.88 Å². The summed E-state index contributed by atoms with van der Waals surface area (Å²) < 4.78 is 11.6. The molecule has 1 heterocycles. The van der Waals surface area contributed by atoms with Gasteiger partial charge in [-0.3, -0.25) is 0 Å². The molecule has 0 aliphatic rings. The molecule has 0 aliphatic carbocycles. The molecular formula is C7H8ClNO. The Hall–Kier alpha value is -0.760. The Morgan fingerprint density at radius 1 is 1.80 bits per heavy atom. The van der Waals surface area contributed by atoms with Crippen molar-refractivity contribution < 1.29 is 6.11 Å². The number of aromatic nitrogens is 1. The molecule has 0 amide bonds. The van der Waals surface area contributed by atoms with Crippen molar-refractivity contribution in [3.05, 3.63) is 23.9 Å². The van der Waals surface area contributed by atoms with Gasteiger partial charge in [0.1, 0.15) is 0 Å². The maximum atomic E-state index is 6.75. The predicted octanol–water partition coefficient (Wildman–Crippen LogP) is 1.83. The van der Waals surface area contributed by atoms with Gasteiger partial charge in [0.2, 0.25) is 5.88 Å². The Morgan fingerprint density at radius 2 is 2.70 bits per heavy atom. The number of pyridine rings is 1. The average Bonchev–Trinajstić information content (AvgIpc) is 2.07. The van der Waals surface area contributed by atoms with Crippen LogP contribution in [0.1, 0.15) is 6.93 Å². The second kappa shape index (κ2) is 3.42. The fourth-order valence-corrected chi connectivity index (χ4v) is 0.733. The second-order valence-corrected chi connectivity index (χ2v) is 2.05. The van der Waals surface area contributed by atoms with Crippen LogP contribution >= 0.6 is 11.6 Å². The highest BCUT2D eigenvalue weighted by atomic mass is 35.5. The summed E-state index contributed by atoms with van der Waals surface area (Å²) in [5, 5.41) is 0. The fourth-order valence-electron chi connectivity index (χ4n) is 0.575. The number of alkyl halides is 1. The first kappa shape index (κ1) is 5.98. The first-order valence-corrected chi connectivity index (χ1v) is 3.33. The van der Waals surface area contributed by atoms with E-state index >= 15 is 0 Å². The third-order valence-electron chi connectivity index (χ3n) is 1.10. The zero-order chi connectivity index (χ0) is 8.10. The van der Waals surface area contributed by atoms with Gasteiger partial charge in [-0.25, -0.2) is 4.98 Å². The van der Waals surface area contributed by atoms with Crippen LogP contribution in [0.5, 0.6) is 5.88 Å². The lowest BCUT2D eigenvalue weighted by molar-refractivity contribution is 0.397. The first-order valence-electron chi connectivity index (χ1n) is 3.50. The highest BCUT2D eigenvalue weighted by Gasteiger charge is 1.91. The van der Waals surface area contributed by atoms with Crippen molar-refractivity contribution >= 4 is 11.6 Å². The number of hydrogen-bond donors (Lipinski definition) is 0. The van der Waals surface area contributed by atoms with Gasteiger partial charge in [-0.15, -0.1) is 11.6 Å². The van der Waals surface area contributed by atoms with E-state index in [0.29, 0.717) is 11.8 Å². The molecule has 2 nitrogen and oxygen atoms in total. The van der Waals surface area contributed by atoms with Crippen molar-refractivity contribution in [3.63, 3.8) is 0 Å². The predicted molar refractivity (Wildman–Crippen MR) is 40.3 cm³/mol. The van der Waals surface area contributed by atoms with Gasteiger partial charge in [-0.2, -0.15) is 0 Å². The lowest BCUT2D eigenvalue weighted by Gasteiger charge is -1.97. The molecule has 54 valence electrons. The lowest BCUT2D eigenvalue weighted by atomic mass is 10.3. The number of hydrogen-bond acceptors (Lipinski definition) is 2. The Morgan fingerprint density at radius 3 is 3.20 bits per heavy atom. The van der Waals surface area contributed by atoms with Crippen molar-refractivity contribution in [2.24, 2.45) is 0 Å². The van der Waals surface area contributed by atoms with Crippen molar-refractivity contribution in [3.8, 4) is 5.88 Å². The van der Waals surface area contributed by atoms with Crippen LogP contribution in [0.3, 0.4) is 0 Å². The van der Waals surface area contributed by atoms with E-state index in [-0.39, 0.29) is 7.09 Å². The lowest BCUT2D eigenvalue weighted by Crippen LogP contribution is -1.87. The summed E-state index contributed by atoms with van der Waals surface area (Å²) in [7, 11) is -0.104. The minimum atomic E-state index is -0.104. The van der Waals surface area contributed by atoms with Crippen LogP contribution in [0.25, 0.3) is 0 Å². The van der Waals surface area contributed by atoms with Gasteiger partial charge in [0.15, 0.2) is 0 Å². The summed E-state index contributed by atoms with van der Waals surface area (Å²) in [6.45, 7) is 0. The fraction of sp³-hybridized carbons (Fsp3) is 0.286. The number of ether oxygens (including phenoxy) is 1. The molecule has 0 aromatic carbocycles. The van der Waals surface area contributed by atoms with Gasteiger partial charge in [0.05, 0.1) is 8.46 Å². The third kappa shape index (κ3) is 1.61.